The Morgan fingerprint density at radius 2 is 2.06 bits per heavy atom. The fourth-order valence-corrected chi connectivity index (χ4v) is 2.39. The van der Waals surface area contributed by atoms with Gasteiger partial charge in [-0.3, -0.25) is 10.1 Å². The number of morpholine rings is 1. The lowest BCUT2D eigenvalue weighted by Crippen LogP contribution is -2.36. The number of benzene rings is 1. The molecular weight excluding hydrogens is 244 g/mol. The number of aryl methyl sites for hydroxylation is 1. The van der Waals surface area contributed by atoms with Gasteiger partial charge in [-0.05, 0) is 12.5 Å². The van der Waals surface area contributed by atoms with Crippen LogP contribution in [0.4, 0.5) is 11.4 Å². The highest BCUT2D eigenvalue weighted by molar-refractivity contribution is 6.33. The molecule has 17 heavy (non-hydrogen) atoms. The van der Waals surface area contributed by atoms with Crippen molar-refractivity contribution in [3.8, 4) is 0 Å². The van der Waals surface area contributed by atoms with Gasteiger partial charge in [-0.15, -0.1) is 0 Å². The van der Waals surface area contributed by atoms with Gasteiger partial charge in [0.2, 0.25) is 0 Å². The highest BCUT2D eigenvalue weighted by atomic mass is 35.5. The van der Waals surface area contributed by atoms with Crippen molar-refractivity contribution in [2.45, 2.75) is 6.92 Å². The third-order valence-corrected chi connectivity index (χ3v) is 3.06. The van der Waals surface area contributed by atoms with Gasteiger partial charge in [0.05, 0.1) is 28.8 Å². The summed E-state index contributed by atoms with van der Waals surface area (Å²) in [6.45, 7) is 4.68. The minimum atomic E-state index is -0.429. The zero-order valence-electron chi connectivity index (χ0n) is 9.48. The van der Waals surface area contributed by atoms with E-state index in [1.54, 1.807) is 6.07 Å². The van der Waals surface area contributed by atoms with Crippen LogP contribution < -0.4 is 4.90 Å². The number of halogens is 1. The molecule has 1 aromatic rings. The van der Waals surface area contributed by atoms with Gasteiger partial charge in [0.1, 0.15) is 0 Å². The molecule has 92 valence electrons. The molecule has 0 saturated carbocycles. The van der Waals surface area contributed by atoms with Gasteiger partial charge in [-0.1, -0.05) is 11.6 Å². The predicted octanol–water partition coefficient (Wildman–Crippen LogP) is 2.39. The lowest BCUT2D eigenvalue weighted by atomic mass is 10.1. The third-order valence-electron chi connectivity index (χ3n) is 2.78. The van der Waals surface area contributed by atoms with E-state index < -0.39 is 4.92 Å². The summed E-state index contributed by atoms with van der Waals surface area (Å²) in [6.07, 6.45) is 0. The van der Waals surface area contributed by atoms with Gasteiger partial charge < -0.3 is 9.64 Å². The normalized spacial score (nSPS) is 16.0. The maximum atomic E-state index is 10.7. The Labute approximate surface area is 104 Å². The van der Waals surface area contributed by atoms with Gasteiger partial charge in [0.25, 0.3) is 5.69 Å². The Morgan fingerprint density at radius 1 is 1.41 bits per heavy atom. The molecule has 6 heteroatoms. The second-order valence-corrected chi connectivity index (χ2v) is 4.36. The van der Waals surface area contributed by atoms with E-state index in [1.807, 2.05) is 6.92 Å². The highest BCUT2D eigenvalue weighted by Crippen LogP contribution is 2.34. The Kier molecular flexibility index (Phi) is 3.49. The van der Waals surface area contributed by atoms with Crippen LogP contribution in [0.5, 0.6) is 0 Å². The van der Waals surface area contributed by atoms with Gasteiger partial charge >= 0.3 is 0 Å². The first-order valence-electron chi connectivity index (χ1n) is 5.37. The van der Waals surface area contributed by atoms with Crippen LogP contribution in [0.3, 0.4) is 0 Å². The zero-order chi connectivity index (χ0) is 12.4. The summed E-state index contributed by atoms with van der Waals surface area (Å²) < 4.78 is 5.27. The van der Waals surface area contributed by atoms with Crippen LogP contribution in [0.25, 0.3) is 0 Å². The summed E-state index contributed by atoms with van der Waals surface area (Å²) in [7, 11) is 0. The highest BCUT2D eigenvalue weighted by Gasteiger charge is 2.19. The van der Waals surface area contributed by atoms with Crippen molar-refractivity contribution in [1.82, 2.24) is 0 Å². The maximum Gasteiger partial charge on any atom is 0.271 e. The molecule has 2 rings (SSSR count). The van der Waals surface area contributed by atoms with E-state index >= 15 is 0 Å². The molecule has 0 spiro atoms. The summed E-state index contributed by atoms with van der Waals surface area (Å²) in [4.78, 5) is 12.4. The molecular formula is C11H13ClN2O3. The van der Waals surface area contributed by atoms with E-state index in [4.69, 9.17) is 16.3 Å². The number of hydrogen-bond donors (Lipinski definition) is 0. The average molecular weight is 257 g/mol. The fourth-order valence-electron chi connectivity index (χ4n) is 2.01. The zero-order valence-corrected chi connectivity index (χ0v) is 10.2. The minimum Gasteiger partial charge on any atom is -0.378 e. The first-order chi connectivity index (χ1) is 8.09. The number of ether oxygens (including phenoxy) is 1. The first-order valence-corrected chi connectivity index (χ1v) is 5.74. The molecule has 0 unspecified atom stereocenters. The smallest absolute Gasteiger partial charge is 0.271 e. The minimum absolute atomic E-state index is 0.0320. The van der Waals surface area contributed by atoms with Gasteiger partial charge in [0, 0.05) is 25.2 Å². The molecule has 0 aliphatic carbocycles. The second-order valence-electron chi connectivity index (χ2n) is 3.95. The number of rotatable bonds is 2. The number of nitro benzene ring substituents is 1. The van der Waals surface area contributed by atoms with Crippen molar-refractivity contribution in [2.24, 2.45) is 0 Å². The summed E-state index contributed by atoms with van der Waals surface area (Å²) in [5, 5.41) is 11.1. The van der Waals surface area contributed by atoms with Gasteiger partial charge in [-0.25, -0.2) is 0 Å². The summed E-state index contributed by atoms with van der Waals surface area (Å²) >= 11 is 6.13. The predicted molar refractivity (Wildman–Crippen MR) is 65.9 cm³/mol. The third kappa shape index (κ3) is 2.50. The van der Waals surface area contributed by atoms with Crippen molar-refractivity contribution < 1.29 is 9.66 Å². The lowest BCUT2D eigenvalue weighted by Gasteiger charge is -2.30. The van der Waals surface area contributed by atoms with Crippen molar-refractivity contribution in [3.63, 3.8) is 0 Å². The van der Waals surface area contributed by atoms with Crippen LogP contribution in [-0.4, -0.2) is 31.2 Å². The van der Waals surface area contributed by atoms with Crippen LogP contribution in [0.2, 0.25) is 5.02 Å². The van der Waals surface area contributed by atoms with Crippen LogP contribution >= 0.6 is 11.6 Å². The van der Waals surface area contributed by atoms with E-state index in [0.717, 1.165) is 24.3 Å². The Bertz CT molecular complexity index is 421. The SMILES string of the molecule is Cc1cc([N+](=O)[O-])cc(Cl)c1N1CCOCC1. The second kappa shape index (κ2) is 4.89. The van der Waals surface area contributed by atoms with Crippen molar-refractivity contribution >= 4 is 23.0 Å². The van der Waals surface area contributed by atoms with Crippen molar-refractivity contribution in [3.05, 3.63) is 32.8 Å². The molecule has 1 aromatic carbocycles. The average Bonchev–Trinajstić information content (AvgIpc) is 2.29. The lowest BCUT2D eigenvalue weighted by molar-refractivity contribution is -0.384. The fraction of sp³-hybridized carbons (Fsp3) is 0.455. The molecule has 1 heterocycles. The molecule has 0 bridgehead atoms. The Balaban J connectivity index is 2.37. The van der Waals surface area contributed by atoms with Crippen LogP contribution in [0, 0.1) is 17.0 Å². The molecule has 5 nitrogen and oxygen atoms in total. The monoisotopic (exact) mass is 256 g/mol. The molecule has 0 atom stereocenters. The summed E-state index contributed by atoms with van der Waals surface area (Å²) in [5.74, 6) is 0. The van der Waals surface area contributed by atoms with E-state index in [1.165, 1.54) is 6.07 Å². The Hall–Kier alpha value is -1.33. The molecule has 1 aliphatic heterocycles. The number of non-ortho nitro benzene ring substituents is 1. The van der Waals surface area contributed by atoms with Crippen LogP contribution in [-0.2, 0) is 4.74 Å². The van der Waals surface area contributed by atoms with Crippen molar-refractivity contribution in [2.75, 3.05) is 31.2 Å². The van der Waals surface area contributed by atoms with E-state index in [0.29, 0.717) is 18.2 Å². The van der Waals surface area contributed by atoms with Gasteiger partial charge in [0.15, 0.2) is 0 Å². The maximum absolute atomic E-state index is 10.7. The molecule has 1 fully saturated rings. The summed E-state index contributed by atoms with van der Waals surface area (Å²) in [5.41, 5.74) is 1.73. The molecule has 0 N–H and O–H groups in total. The summed E-state index contributed by atoms with van der Waals surface area (Å²) in [6, 6.07) is 2.95. The van der Waals surface area contributed by atoms with Crippen LogP contribution in [0.15, 0.2) is 12.1 Å². The largest absolute Gasteiger partial charge is 0.378 e. The standard InChI is InChI=1S/C11H13ClN2O3/c1-8-6-9(14(15)16)7-10(12)11(8)13-2-4-17-5-3-13/h6-7H,2-5H2,1H3. The molecule has 0 radical (unpaired) electrons. The van der Waals surface area contributed by atoms with Crippen molar-refractivity contribution in [1.29, 1.82) is 0 Å². The van der Waals surface area contributed by atoms with Gasteiger partial charge in [-0.2, -0.15) is 0 Å². The molecule has 0 amide bonds. The first kappa shape index (κ1) is 12.1. The van der Waals surface area contributed by atoms with E-state index in [2.05, 4.69) is 4.90 Å². The number of hydrogen-bond acceptors (Lipinski definition) is 4. The molecule has 1 saturated heterocycles. The van der Waals surface area contributed by atoms with E-state index in [-0.39, 0.29) is 5.69 Å². The Morgan fingerprint density at radius 3 is 2.59 bits per heavy atom. The quantitative estimate of drug-likeness (QED) is 0.602. The number of nitrogens with zero attached hydrogens (tertiary/aromatic N) is 2. The van der Waals surface area contributed by atoms with E-state index in [9.17, 15) is 10.1 Å². The number of nitro groups is 1. The molecule has 1 aliphatic rings. The number of anilines is 1. The molecule has 0 aromatic heterocycles. The topological polar surface area (TPSA) is 55.6 Å². The van der Waals surface area contributed by atoms with Crippen LogP contribution in [0.1, 0.15) is 5.56 Å².